The zero-order chi connectivity index (χ0) is 14.2. The second-order valence-corrected chi connectivity index (χ2v) is 6.18. The summed E-state index contributed by atoms with van der Waals surface area (Å²) in [5, 5.41) is 9.19. The van der Waals surface area contributed by atoms with E-state index in [4.69, 9.17) is 0 Å². The molecule has 5 heteroatoms. The fourth-order valence-corrected chi connectivity index (χ4v) is 3.39. The van der Waals surface area contributed by atoms with Crippen molar-refractivity contribution in [3.63, 3.8) is 0 Å². The van der Waals surface area contributed by atoms with E-state index in [0.29, 0.717) is 24.8 Å². The first-order chi connectivity index (χ1) is 8.91. The molecule has 2 saturated heterocycles. The van der Waals surface area contributed by atoms with Crippen molar-refractivity contribution in [2.24, 2.45) is 11.8 Å². The normalized spacial score (nSPS) is 35.5. The van der Waals surface area contributed by atoms with Gasteiger partial charge in [-0.25, -0.2) is 9.59 Å². The fraction of sp³-hybridized carbons (Fsp3) is 0.857. The predicted octanol–water partition coefficient (Wildman–Crippen LogP) is 2.02. The van der Waals surface area contributed by atoms with Crippen molar-refractivity contribution in [1.29, 1.82) is 0 Å². The van der Waals surface area contributed by atoms with Gasteiger partial charge in [0.05, 0.1) is 0 Å². The number of hydrogen-bond donors (Lipinski definition) is 1. The molecule has 4 unspecified atom stereocenters. The molecule has 2 rings (SSSR count). The summed E-state index contributed by atoms with van der Waals surface area (Å²) in [5.41, 5.74) is 0. The lowest BCUT2D eigenvalue weighted by molar-refractivity contribution is -0.141. The maximum atomic E-state index is 12.6. The monoisotopic (exact) mass is 268 g/mol. The summed E-state index contributed by atoms with van der Waals surface area (Å²) in [6.07, 6.45) is 2.50. The molecule has 0 aromatic rings. The Labute approximate surface area is 114 Å². The van der Waals surface area contributed by atoms with Crippen LogP contribution in [-0.2, 0) is 4.79 Å². The lowest BCUT2D eigenvalue weighted by atomic mass is 9.86. The highest BCUT2D eigenvalue weighted by atomic mass is 16.4. The number of carbonyl (C=O) groups excluding carboxylic acids is 1. The van der Waals surface area contributed by atoms with Crippen LogP contribution in [0.1, 0.15) is 40.0 Å². The van der Waals surface area contributed by atoms with E-state index in [2.05, 4.69) is 20.8 Å². The highest BCUT2D eigenvalue weighted by Gasteiger charge is 2.40. The zero-order valence-corrected chi connectivity index (χ0v) is 12.0. The summed E-state index contributed by atoms with van der Waals surface area (Å²) in [6.45, 7) is 7.70. The molecule has 2 aliphatic heterocycles. The van der Waals surface area contributed by atoms with Gasteiger partial charge in [0.2, 0.25) is 0 Å². The number of carboxylic acid groups (broad SMARTS) is 1. The molecule has 4 atom stereocenters. The molecule has 0 bridgehead atoms. The van der Waals surface area contributed by atoms with Crippen LogP contribution in [0.3, 0.4) is 0 Å². The number of carboxylic acids is 1. The van der Waals surface area contributed by atoms with Crippen molar-refractivity contribution in [2.75, 3.05) is 13.1 Å². The zero-order valence-electron chi connectivity index (χ0n) is 12.0. The molecule has 2 aliphatic rings. The fourth-order valence-electron chi connectivity index (χ4n) is 3.39. The van der Waals surface area contributed by atoms with Gasteiger partial charge in [-0.05, 0) is 38.0 Å². The predicted molar refractivity (Wildman–Crippen MR) is 71.9 cm³/mol. The van der Waals surface area contributed by atoms with Gasteiger partial charge in [0.1, 0.15) is 6.04 Å². The molecule has 108 valence electrons. The van der Waals surface area contributed by atoms with E-state index < -0.39 is 12.0 Å². The summed E-state index contributed by atoms with van der Waals surface area (Å²) >= 11 is 0. The van der Waals surface area contributed by atoms with Crippen LogP contribution in [0.2, 0.25) is 0 Å². The van der Waals surface area contributed by atoms with Gasteiger partial charge in [-0.1, -0.05) is 13.8 Å². The largest absolute Gasteiger partial charge is 0.480 e. The molecule has 0 aliphatic carbocycles. The van der Waals surface area contributed by atoms with E-state index in [9.17, 15) is 14.7 Å². The van der Waals surface area contributed by atoms with E-state index in [0.717, 1.165) is 19.4 Å². The third kappa shape index (κ3) is 2.69. The van der Waals surface area contributed by atoms with Gasteiger partial charge in [-0.3, -0.25) is 0 Å². The van der Waals surface area contributed by atoms with Crippen molar-refractivity contribution < 1.29 is 14.7 Å². The summed E-state index contributed by atoms with van der Waals surface area (Å²) in [5.74, 6) is 0.0798. The van der Waals surface area contributed by atoms with Gasteiger partial charge in [0, 0.05) is 19.1 Å². The summed E-state index contributed by atoms with van der Waals surface area (Å²) < 4.78 is 0. The van der Waals surface area contributed by atoms with Crippen molar-refractivity contribution in [3.05, 3.63) is 0 Å². The Morgan fingerprint density at radius 3 is 2.47 bits per heavy atom. The lowest BCUT2D eigenvalue weighted by Crippen LogP contribution is -2.55. The van der Waals surface area contributed by atoms with Gasteiger partial charge in [0.25, 0.3) is 0 Å². The highest BCUT2D eigenvalue weighted by molar-refractivity contribution is 5.83. The average Bonchev–Trinajstić information content (AvgIpc) is 2.82. The van der Waals surface area contributed by atoms with Crippen molar-refractivity contribution in [1.82, 2.24) is 9.80 Å². The number of piperidine rings is 1. The van der Waals surface area contributed by atoms with Gasteiger partial charge >= 0.3 is 12.0 Å². The third-order valence-corrected chi connectivity index (χ3v) is 4.63. The molecule has 2 heterocycles. The molecular weight excluding hydrogens is 244 g/mol. The number of amides is 2. The van der Waals surface area contributed by atoms with Crippen LogP contribution in [0.25, 0.3) is 0 Å². The number of nitrogens with zero attached hydrogens (tertiary/aromatic N) is 2. The number of rotatable bonds is 1. The minimum atomic E-state index is -0.878. The maximum absolute atomic E-state index is 12.6. The lowest BCUT2D eigenvalue weighted by Gasteiger charge is -2.43. The van der Waals surface area contributed by atoms with Crippen molar-refractivity contribution in [3.8, 4) is 0 Å². The van der Waals surface area contributed by atoms with Gasteiger partial charge in [-0.2, -0.15) is 0 Å². The second kappa shape index (κ2) is 5.39. The van der Waals surface area contributed by atoms with E-state index in [1.807, 2.05) is 4.90 Å². The van der Waals surface area contributed by atoms with Crippen LogP contribution in [0.4, 0.5) is 4.79 Å². The van der Waals surface area contributed by atoms with Crippen molar-refractivity contribution in [2.45, 2.75) is 52.1 Å². The van der Waals surface area contributed by atoms with Crippen LogP contribution < -0.4 is 0 Å². The minimum absolute atomic E-state index is 0.0872. The average molecular weight is 268 g/mol. The number of hydrogen-bond acceptors (Lipinski definition) is 2. The van der Waals surface area contributed by atoms with E-state index in [1.54, 1.807) is 4.90 Å². The van der Waals surface area contributed by atoms with Gasteiger partial charge < -0.3 is 14.9 Å². The molecule has 0 aromatic carbocycles. The first-order valence-electron chi connectivity index (χ1n) is 7.21. The highest BCUT2D eigenvalue weighted by Crippen LogP contribution is 2.29. The standard InChI is InChI=1S/C14H24N2O3/c1-9-7-10(2)11(3)16(8-9)14(19)15-6-4-5-12(15)13(17)18/h9-12H,4-8H2,1-3H3,(H,17,18). The molecule has 19 heavy (non-hydrogen) atoms. The molecule has 2 fully saturated rings. The van der Waals surface area contributed by atoms with Crippen molar-refractivity contribution >= 4 is 12.0 Å². The Balaban J connectivity index is 2.11. The molecule has 1 N–H and O–H groups in total. The van der Waals surface area contributed by atoms with Gasteiger partial charge in [-0.15, -0.1) is 0 Å². The van der Waals surface area contributed by atoms with Crippen LogP contribution in [0.5, 0.6) is 0 Å². The minimum Gasteiger partial charge on any atom is -0.480 e. The third-order valence-electron chi connectivity index (χ3n) is 4.63. The molecule has 2 amide bonds. The molecule has 0 aromatic heterocycles. The Kier molecular flexibility index (Phi) is 4.02. The van der Waals surface area contributed by atoms with Crippen LogP contribution in [0, 0.1) is 11.8 Å². The smallest absolute Gasteiger partial charge is 0.326 e. The number of carbonyl (C=O) groups is 2. The Bertz CT molecular complexity index is 372. The number of urea groups is 1. The summed E-state index contributed by atoms with van der Waals surface area (Å²) in [7, 11) is 0. The maximum Gasteiger partial charge on any atom is 0.326 e. The van der Waals surface area contributed by atoms with E-state index >= 15 is 0 Å². The summed E-state index contributed by atoms with van der Waals surface area (Å²) in [4.78, 5) is 27.2. The van der Waals surface area contributed by atoms with Crippen LogP contribution in [-0.4, -0.2) is 52.1 Å². The van der Waals surface area contributed by atoms with Crippen LogP contribution in [0.15, 0.2) is 0 Å². The molecule has 0 radical (unpaired) electrons. The van der Waals surface area contributed by atoms with Crippen LogP contribution >= 0.6 is 0 Å². The molecule has 0 saturated carbocycles. The number of aliphatic carboxylic acids is 1. The van der Waals surface area contributed by atoms with Gasteiger partial charge in [0.15, 0.2) is 0 Å². The quantitative estimate of drug-likeness (QED) is 0.791. The Hall–Kier alpha value is -1.26. The first kappa shape index (κ1) is 14.2. The van der Waals surface area contributed by atoms with E-state index in [-0.39, 0.29) is 12.1 Å². The Morgan fingerprint density at radius 2 is 1.84 bits per heavy atom. The topological polar surface area (TPSA) is 60.9 Å². The second-order valence-electron chi connectivity index (χ2n) is 6.18. The summed E-state index contributed by atoms with van der Waals surface area (Å²) in [6, 6.07) is -0.526. The van der Waals surface area contributed by atoms with E-state index in [1.165, 1.54) is 0 Å². The SMILES string of the molecule is CC1CC(C)C(C)N(C(=O)N2CCCC2C(=O)O)C1. The Morgan fingerprint density at radius 1 is 1.16 bits per heavy atom. The molecule has 5 nitrogen and oxygen atoms in total. The number of likely N-dealkylation sites (tertiary alicyclic amines) is 2. The molecular formula is C14H24N2O3. The first-order valence-corrected chi connectivity index (χ1v) is 7.21. The molecule has 0 spiro atoms.